The van der Waals surface area contributed by atoms with Gasteiger partial charge in [-0.1, -0.05) is 55.0 Å². The highest BCUT2D eigenvalue weighted by Gasteiger charge is 2.25. The van der Waals surface area contributed by atoms with Gasteiger partial charge in [0.25, 0.3) is 0 Å². The molecule has 142 valence electrons. The number of aromatic nitrogens is 3. The Morgan fingerprint density at radius 2 is 1.86 bits per heavy atom. The van der Waals surface area contributed by atoms with Crippen molar-refractivity contribution in [2.75, 3.05) is 11.5 Å². The summed E-state index contributed by atoms with van der Waals surface area (Å²) in [6.45, 7) is 2.09. The molecule has 0 spiro atoms. The van der Waals surface area contributed by atoms with Crippen molar-refractivity contribution in [2.45, 2.75) is 24.0 Å². The van der Waals surface area contributed by atoms with Gasteiger partial charge in [0, 0.05) is 23.5 Å². The van der Waals surface area contributed by atoms with Gasteiger partial charge in [-0.05, 0) is 29.7 Å². The Morgan fingerprint density at radius 3 is 2.57 bits per heavy atom. The van der Waals surface area contributed by atoms with Gasteiger partial charge in [-0.2, -0.15) is 0 Å². The van der Waals surface area contributed by atoms with Gasteiger partial charge in [0.05, 0.1) is 11.1 Å². The van der Waals surface area contributed by atoms with Crippen molar-refractivity contribution in [3.8, 4) is 22.6 Å². The van der Waals surface area contributed by atoms with Crippen molar-refractivity contribution in [1.82, 2.24) is 15.0 Å². The number of rotatable bonds is 6. The summed E-state index contributed by atoms with van der Waals surface area (Å²) in [5, 5.41) is 0.781. The maximum Gasteiger partial charge on any atom is 0.232 e. The quantitative estimate of drug-likeness (QED) is 0.458. The van der Waals surface area contributed by atoms with Gasteiger partial charge >= 0.3 is 0 Å². The van der Waals surface area contributed by atoms with Gasteiger partial charge < -0.3 is 10.3 Å². The third-order valence-corrected chi connectivity index (χ3v) is 7.41. The van der Waals surface area contributed by atoms with Crippen molar-refractivity contribution in [3.05, 3.63) is 54.9 Å². The van der Waals surface area contributed by atoms with Crippen LogP contribution in [0.15, 0.2) is 59.1 Å². The number of benzene rings is 1. The smallest absolute Gasteiger partial charge is 0.232 e. The predicted molar refractivity (Wildman–Crippen MR) is 117 cm³/mol. The molecule has 0 radical (unpaired) electrons. The number of nitrogen functional groups attached to an aromatic ring is 1. The number of thiophene rings is 1. The molecule has 3 heterocycles. The summed E-state index contributed by atoms with van der Waals surface area (Å²) < 4.78 is 13.5. The zero-order valence-electron chi connectivity index (χ0n) is 15.5. The lowest BCUT2D eigenvalue weighted by Gasteiger charge is -2.09. The van der Waals surface area contributed by atoms with Gasteiger partial charge in [-0.25, -0.2) is 9.97 Å². The lowest BCUT2D eigenvalue weighted by Crippen LogP contribution is -2.07. The first kappa shape index (κ1) is 18.9. The van der Waals surface area contributed by atoms with Gasteiger partial charge in [-0.3, -0.25) is 4.98 Å². The fourth-order valence-corrected chi connectivity index (χ4v) is 5.74. The number of fused-ring (bicyclic) bond motifs is 1. The second kappa shape index (κ2) is 8.26. The van der Waals surface area contributed by atoms with Crippen LogP contribution in [0.5, 0.6) is 0 Å². The Bertz CT molecular complexity index is 1080. The SMILES string of the molecule is CCCC[S@@+]([O-])c1sc2nc(-c3cccnc3)nc(-c3ccccc3)c2c1N. The van der Waals surface area contributed by atoms with Crippen LogP contribution < -0.4 is 5.73 Å². The van der Waals surface area contributed by atoms with E-state index < -0.39 is 11.2 Å². The second-order valence-electron chi connectivity index (χ2n) is 6.39. The topological polar surface area (TPSA) is 87.8 Å². The molecule has 1 aromatic carbocycles. The molecule has 0 fully saturated rings. The molecular weight excluding hydrogens is 388 g/mol. The van der Waals surface area contributed by atoms with Crippen LogP contribution >= 0.6 is 11.3 Å². The minimum atomic E-state index is -1.13. The average Bonchev–Trinajstić information content (AvgIpc) is 3.09. The maximum absolute atomic E-state index is 12.8. The number of pyridine rings is 1. The summed E-state index contributed by atoms with van der Waals surface area (Å²) in [5.74, 6) is 1.20. The molecule has 5 nitrogen and oxygen atoms in total. The lowest BCUT2D eigenvalue weighted by molar-refractivity contribution is 0.594. The normalized spacial score (nSPS) is 12.4. The highest BCUT2D eigenvalue weighted by atomic mass is 32.2. The minimum Gasteiger partial charge on any atom is -0.611 e. The van der Waals surface area contributed by atoms with Gasteiger partial charge in [-0.15, -0.1) is 0 Å². The van der Waals surface area contributed by atoms with E-state index in [1.807, 2.05) is 42.5 Å². The summed E-state index contributed by atoms with van der Waals surface area (Å²) in [6, 6.07) is 13.7. The molecule has 7 heteroatoms. The van der Waals surface area contributed by atoms with Crippen molar-refractivity contribution in [2.24, 2.45) is 0 Å². The first-order valence-electron chi connectivity index (χ1n) is 9.13. The lowest BCUT2D eigenvalue weighted by atomic mass is 10.1. The first-order valence-corrected chi connectivity index (χ1v) is 11.3. The molecule has 0 aliphatic rings. The van der Waals surface area contributed by atoms with E-state index in [2.05, 4.69) is 11.9 Å². The molecule has 0 saturated carbocycles. The summed E-state index contributed by atoms with van der Waals surface area (Å²) in [7, 11) is 0. The largest absolute Gasteiger partial charge is 0.611 e. The van der Waals surface area contributed by atoms with E-state index in [0.717, 1.165) is 39.9 Å². The van der Waals surface area contributed by atoms with Crippen LogP contribution in [0.3, 0.4) is 0 Å². The molecule has 4 aromatic rings. The van der Waals surface area contributed by atoms with Crippen LogP contribution in [-0.2, 0) is 11.2 Å². The molecule has 0 aliphatic heterocycles. The fraction of sp³-hybridized carbons (Fsp3) is 0.190. The van der Waals surface area contributed by atoms with E-state index in [1.165, 1.54) is 11.3 Å². The Balaban J connectivity index is 1.94. The van der Waals surface area contributed by atoms with Crippen LogP contribution in [0.1, 0.15) is 19.8 Å². The van der Waals surface area contributed by atoms with Crippen LogP contribution in [0, 0.1) is 0 Å². The third-order valence-electron chi connectivity index (χ3n) is 4.41. The molecule has 1 atom stereocenters. The Labute approximate surface area is 170 Å². The molecule has 0 unspecified atom stereocenters. The van der Waals surface area contributed by atoms with Crippen molar-refractivity contribution in [3.63, 3.8) is 0 Å². The molecule has 3 aromatic heterocycles. The number of unbranched alkanes of at least 4 members (excludes halogenated alkanes) is 1. The Kier molecular flexibility index (Phi) is 5.57. The first-order chi connectivity index (χ1) is 13.7. The highest BCUT2D eigenvalue weighted by Crippen LogP contribution is 2.42. The zero-order valence-corrected chi connectivity index (χ0v) is 17.1. The molecule has 0 aliphatic carbocycles. The zero-order chi connectivity index (χ0) is 19.5. The molecule has 0 amide bonds. The van der Waals surface area contributed by atoms with Crippen molar-refractivity contribution in [1.29, 1.82) is 0 Å². The summed E-state index contributed by atoms with van der Waals surface area (Å²) in [6.07, 6.45) is 5.36. The van der Waals surface area contributed by atoms with Crippen molar-refractivity contribution < 1.29 is 4.55 Å². The van der Waals surface area contributed by atoms with Gasteiger partial charge in [0.1, 0.15) is 16.3 Å². The van der Waals surface area contributed by atoms with Gasteiger partial charge in [0.15, 0.2) is 5.82 Å². The Morgan fingerprint density at radius 1 is 1.07 bits per heavy atom. The van der Waals surface area contributed by atoms with Crippen LogP contribution in [-0.4, -0.2) is 25.3 Å². The molecule has 4 rings (SSSR count). The van der Waals surface area contributed by atoms with E-state index >= 15 is 0 Å². The van der Waals surface area contributed by atoms with Crippen LogP contribution in [0.25, 0.3) is 32.9 Å². The maximum atomic E-state index is 12.8. The summed E-state index contributed by atoms with van der Waals surface area (Å²) in [5.41, 5.74) is 9.55. The number of hydrogen-bond donors (Lipinski definition) is 1. The van der Waals surface area contributed by atoms with E-state index in [1.54, 1.807) is 12.4 Å². The van der Waals surface area contributed by atoms with E-state index in [9.17, 15) is 4.55 Å². The number of nitrogens with two attached hydrogens (primary N) is 1. The summed E-state index contributed by atoms with van der Waals surface area (Å²) in [4.78, 5) is 14.5. The molecular formula is C21H20N4OS2. The minimum absolute atomic E-state index is 0.533. The number of anilines is 1. The van der Waals surface area contributed by atoms with E-state index in [-0.39, 0.29) is 0 Å². The van der Waals surface area contributed by atoms with Crippen LogP contribution in [0.2, 0.25) is 0 Å². The second-order valence-corrected chi connectivity index (χ2v) is 9.16. The van der Waals surface area contributed by atoms with Gasteiger partial charge in [0.2, 0.25) is 4.21 Å². The molecule has 0 saturated heterocycles. The fourth-order valence-electron chi connectivity index (χ4n) is 2.97. The molecule has 28 heavy (non-hydrogen) atoms. The highest BCUT2D eigenvalue weighted by molar-refractivity contribution is 7.93. The number of hydrogen-bond acceptors (Lipinski definition) is 6. The van der Waals surface area contributed by atoms with E-state index in [0.29, 0.717) is 21.5 Å². The standard InChI is InChI=1S/C21H20N4OS2/c1-2-3-12-28(26)21-17(22)16-18(14-8-5-4-6-9-14)24-19(25-20(16)27-21)15-10-7-11-23-13-15/h4-11,13H,2-3,12,22H2,1H3/t28-/m1/s1. The Hall–Kier alpha value is -2.48. The molecule has 0 bridgehead atoms. The third kappa shape index (κ3) is 3.61. The number of nitrogens with zero attached hydrogens (tertiary/aromatic N) is 3. The molecule has 2 N–H and O–H groups in total. The van der Waals surface area contributed by atoms with Crippen LogP contribution in [0.4, 0.5) is 5.69 Å². The average molecular weight is 409 g/mol. The summed E-state index contributed by atoms with van der Waals surface area (Å²) >= 11 is 0.274. The van der Waals surface area contributed by atoms with Crippen molar-refractivity contribution >= 4 is 38.4 Å². The monoisotopic (exact) mass is 408 g/mol. The predicted octanol–water partition coefficient (Wildman–Crippen LogP) is 4.91. The van der Waals surface area contributed by atoms with E-state index in [4.69, 9.17) is 15.7 Å².